The Balaban J connectivity index is 1.24. The summed E-state index contributed by atoms with van der Waals surface area (Å²) >= 11 is 7.73. The highest BCUT2D eigenvalue weighted by molar-refractivity contribution is 7.16. The van der Waals surface area contributed by atoms with Gasteiger partial charge < -0.3 is 9.88 Å². The Labute approximate surface area is 227 Å². The molecule has 0 spiro atoms. The molecule has 2 bridgehead atoms. The molecule has 2 saturated heterocycles. The topological polar surface area (TPSA) is 63.1 Å². The van der Waals surface area contributed by atoms with Crippen molar-refractivity contribution in [3.8, 4) is 0 Å². The molecule has 6 nitrogen and oxygen atoms in total. The van der Waals surface area contributed by atoms with Crippen molar-refractivity contribution >= 4 is 28.8 Å². The van der Waals surface area contributed by atoms with Crippen LogP contribution in [0, 0.1) is 12.8 Å². The quantitative estimate of drug-likeness (QED) is 0.397. The Morgan fingerprint density at radius 2 is 1.81 bits per heavy atom. The summed E-state index contributed by atoms with van der Waals surface area (Å²) in [6.07, 6.45) is 5.43. The van der Waals surface area contributed by atoms with Gasteiger partial charge in [0.25, 0.3) is 0 Å². The molecule has 3 aliphatic rings. The van der Waals surface area contributed by atoms with E-state index in [1.807, 2.05) is 12.1 Å². The number of carbonyl (C=O) groups is 1. The van der Waals surface area contributed by atoms with Crippen LogP contribution in [-0.2, 0) is 4.79 Å². The van der Waals surface area contributed by atoms with Crippen molar-refractivity contribution in [1.82, 2.24) is 25.0 Å². The molecule has 2 aromatic rings. The number of rotatable bonds is 8. The van der Waals surface area contributed by atoms with E-state index >= 15 is 0 Å². The lowest BCUT2D eigenvalue weighted by molar-refractivity contribution is -0.130. The molecule has 5 rings (SSSR count). The molecular weight excluding hydrogens is 516 g/mol. The van der Waals surface area contributed by atoms with Crippen LogP contribution in [0.5, 0.6) is 0 Å². The minimum atomic E-state index is -2.63. The molecule has 3 fully saturated rings. The molecule has 0 radical (unpaired) electrons. The highest BCUT2D eigenvalue weighted by Gasteiger charge is 2.43. The molecule has 0 aromatic carbocycles. The number of nitrogens with zero attached hydrogens (tertiary/aromatic N) is 4. The number of nitrogens with one attached hydrogen (secondary N) is 1. The van der Waals surface area contributed by atoms with Gasteiger partial charge in [-0.05, 0) is 64.0 Å². The Bertz CT molecular complexity index is 1080. The van der Waals surface area contributed by atoms with Crippen LogP contribution in [0.25, 0.3) is 0 Å². The van der Waals surface area contributed by atoms with Crippen LogP contribution < -0.4 is 5.32 Å². The molecule has 4 heterocycles. The van der Waals surface area contributed by atoms with Crippen molar-refractivity contribution in [3.63, 3.8) is 0 Å². The smallest absolute Gasteiger partial charge is 0.248 e. The molecule has 204 valence electrons. The first-order chi connectivity index (χ1) is 17.6. The molecule has 4 atom stereocenters. The number of carbonyl (C=O) groups excluding carboxylic acids is 1. The number of amides is 1. The van der Waals surface area contributed by atoms with Crippen molar-refractivity contribution in [3.05, 3.63) is 33.0 Å². The van der Waals surface area contributed by atoms with Crippen molar-refractivity contribution in [2.45, 2.75) is 115 Å². The number of hydrogen-bond acceptors (Lipinski definition) is 5. The summed E-state index contributed by atoms with van der Waals surface area (Å²) in [5.41, 5.74) is 0. The molecule has 1 saturated carbocycles. The van der Waals surface area contributed by atoms with Crippen LogP contribution in [0.3, 0.4) is 0 Å². The molecule has 1 N–H and O–H groups in total. The molecule has 1 amide bonds. The number of hydrogen-bond donors (Lipinski definition) is 1. The first-order valence-corrected chi connectivity index (χ1v) is 14.9. The lowest BCUT2D eigenvalue weighted by atomic mass is 9.86. The third-order valence-electron chi connectivity index (χ3n) is 8.65. The van der Waals surface area contributed by atoms with Gasteiger partial charge in [-0.2, -0.15) is 0 Å². The number of aromatic nitrogens is 3. The van der Waals surface area contributed by atoms with E-state index in [-0.39, 0.29) is 43.6 Å². The van der Waals surface area contributed by atoms with Gasteiger partial charge in [-0.15, -0.1) is 21.5 Å². The lowest BCUT2D eigenvalue weighted by Gasteiger charge is -2.40. The molecule has 37 heavy (non-hydrogen) atoms. The first-order valence-electron chi connectivity index (χ1n) is 13.7. The number of alkyl halides is 2. The number of piperidine rings is 1. The van der Waals surface area contributed by atoms with Crippen molar-refractivity contribution < 1.29 is 13.6 Å². The number of fused-ring (bicyclic) bond motifs is 2. The van der Waals surface area contributed by atoms with Gasteiger partial charge in [-0.1, -0.05) is 25.4 Å². The third kappa shape index (κ3) is 5.88. The van der Waals surface area contributed by atoms with Crippen LogP contribution in [0.2, 0.25) is 4.34 Å². The Hall–Kier alpha value is -1.58. The Morgan fingerprint density at radius 1 is 1.14 bits per heavy atom. The van der Waals surface area contributed by atoms with Crippen LogP contribution in [0.4, 0.5) is 8.78 Å². The van der Waals surface area contributed by atoms with E-state index < -0.39 is 5.92 Å². The summed E-state index contributed by atoms with van der Waals surface area (Å²) in [7, 11) is 0. The molecule has 1 unspecified atom stereocenters. The SMILES string of the molecule is Cc1nnc(C(C)C)n1C1C[C@H]2CC[C@@H](C1)N2CC[C@H](NC(=O)C1CCC(F)(F)CC1)c1ccc(Cl)s1. The van der Waals surface area contributed by atoms with Gasteiger partial charge in [0, 0.05) is 54.2 Å². The molecule has 1 aliphatic carbocycles. The highest BCUT2D eigenvalue weighted by Crippen LogP contribution is 2.43. The van der Waals surface area contributed by atoms with Gasteiger partial charge in [0.2, 0.25) is 11.8 Å². The number of thiophene rings is 1. The predicted molar refractivity (Wildman–Crippen MR) is 142 cm³/mol. The van der Waals surface area contributed by atoms with E-state index in [4.69, 9.17) is 11.6 Å². The predicted octanol–water partition coefficient (Wildman–Crippen LogP) is 6.67. The highest BCUT2D eigenvalue weighted by atomic mass is 35.5. The van der Waals surface area contributed by atoms with Gasteiger partial charge in [-0.3, -0.25) is 9.69 Å². The fourth-order valence-electron chi connectivity index (χ4n) is 6.72. The second-order valence-corrected chi connectivity index (χ2v) is 13.2. The summed E-state index contributed by atoms with van der Waals surface area (Å²) in [4.78, 5) is 16.7. The summed E-state index contributed by atoms with van der Waals surface area (Å²) in [5.74, 6) is -0.658. The fourth-order valence-corrected chi connectivity index (χ4v) is 7.87. The molecule has 10 heteroatoms. The van der Waals surface area contributed by atoms with Gasteiger partial charge >= 0.3 is 0 Å². The lowest BCUT2D eigenvalue weighted by Crippen LogP contribution is -2.45. The normalized spacial score (nSPS) is 27.1. The summed E-state index contributed by atoms with van der Waals surface area (Å²) < 4.78 is 30.3. The van der Waals surface area contributed by atoms with Crippen LogP contribution in [0.1, 0.15) is 106 Å². The average molecular weight is 554 g/mol. The Morgan fingerprint density at radius 3 is 2.41 bits per heavy atom. The van der Waals surface area contributed by atoms with Gasteiger partial charge in [0.15, 0.2) is 0 Å². The maximum absolute atomic E-state index is 13.6. The zero-order valence-corrected chi connectivity index (χ0v) is 23.5. The molecule has 2 aromatic heterocycles. The van der Waals surface area contributed by atoms with Crippen molar-refractivity contribution in [1.29, 1.82) is 0 Å². The number of aryl methyl sites for hydroxylation is 1. The number of halogens is 3. The summed E-state index contributed by atoms with van der Waals surface area (Å²) in [5, 5.41) is 12.0. The van der Waals surface area contributed by atoms with E-state index in [9.17, 15) is 13.6 Å². The minimum Gasteiger partial charge on any atom is -0.348 e. The van der Waals surface area contributed by atoms with E-state index in [2.05, 4.69) is 45.8 Å². The van der Waals surface area contributed by atoms with Gasteiger partial charge in [0.05, 0.1) is 10.4 Å². The molecule has 2 aliphatic heterocycles. The van der Waals surface area contributed by atoms with Crippen molar-refractivity contribution in [2.24, 2.45) is 5.92 Å². The van der Waals surface area contributed by atoms with E-state index in [1.165, 1.54) is 24.2 Å². The van der Waals surface area contributed by atoms with Crippen LogP contribution in [-0.4, -0.2) is 50.1 Å². The molecular formula is C27H38ClF2N5OS. The van der Waals surface area contributed by atoms with E-state index in [0.717, 1.165) is 42.3 Å². The fraction of sp³-hybridized carbons (Fsp3) is 0.741. The van der Waals surface area contributed by atoms with Crippen molar-refractivity contribution in [2.75, 3.05) is 6.54 Å². The average Bonchev–Trinajstić information content (AvgIpc) is 3.51. The van der Waals surface area contributed by atoms with E-state index in [1.54, 1.807) is 0 Å². The summed E-state index contributed by atoms with van der Waals surface area (Å²) in [6, 6.07) is 5.14. The zero-order valence-electron chi connectivity index (χ0n) is 21.9. The maximum Gasteiger partial charge on any atom is 0.248 e. The van der Waals surface area contributed by atoms with Crippen LogP contribution >= 0.6 is 22.9 Å². The second kappa shape index (κ2) is 10.9. The first kappa shape index (κ1) is 27.0. The monoisotopic (exact) mass is 553 g/mol. The standard InChI is InChI=1S/C27H38ClF2N5OS/c1-16(2)25-33-32-17(3)35(25)21-14-19-4-5-20(15-21)34(19)13-10-22(23-6-7-24(28)37-23)31-26(36)18-8-11-27(29,30)12-9-18/h6-7,16,18-22H,4-5,8-15H2,1-3H3,(H,31,36)/t19-,20+,21?,22-/m0/s1. The van der Waals surface area contributed by atoms with Gasteiger partial charge in [-0.25, -0.2) is 8.78 Å². The van der Waals surface area contributed by atoms with Gasteiger partial charge in [0.1, 0.15) is 11.6 Å². The minimum absolute atomic E-state index is 0.101. The zero-order chi connectivity index (χ0) is 26.3. The van der Waals surface area contributed by atoms with Crippen LogP contribution in [0.15, 0.2) is 12.1 Å². The largest absolute Gasteiger partial charge is 0.348 e. The third-order valence-corrected chi connectivity index (χ3v) is 10.00. The Kier molecular flexibility index (Phi) is 7.95. The summed E-state index contributed by atoms with van der Waals surface area (Å²) in [6.45, 7) is 7.30. The van der Waals surface area contributed by atoms with E-state index in [0.29, 0.717) is 28.4 Å². The maximum atomic E-state index is 13.6. The second-order valence-electron chi connectivity index (χ2n) is 11.5.